The van der Waals surface area contributed by atoms with Gasteiger partial charge in [-0.25, -0.2) is 4.98 Å². The Bertz CT molecular complexity index is 931. The molecule has 2 aromatic heterocycles. The van der Waals surface area contributed by atoms with E-state index in [1.165, 1.54) is 17.1 Å². The summed E-state index contributed by atoms with van der Waals surface area (Å²) in [4.78, 5) is 23.9. The van der Waals surface area contributed by atoms with Gasteiger partial charge < -0.3 is 9.88 Å². The van der Waals surface area contributed by atoms with Crippen LogP contribution in [0.4, 0.5) is 0 Å². The Kier molecular flexibility index (Phi) is 4.72. The van der Waals surface area contributed by atoms with E-state index >= 15 is 0 Å². The van der Waals surface area contributed by atoms with E-state index in [4.69, 9.17) is 4.98 Å². The van der Waals surface area contributed by atoms with Crippen molar-refractivity contribution in [2.45, 2.75) is 45.4 Å². The second-order valence-corrected chi connectivity index (χ2v) is 7.74. The fourth-order valence-electron chi connectivity index (χ4n) is 3.69. The molecule has 0 bridgehead atoms. The SMILES string of the molecule is CCCc1nnsc1C(=O)N1CCC[C@@H](c2nc3c(C)cccc3[nH]2)C1. The standard InChI is InChI=1S/C19H23N5OS/c1-3-6-15-17(26-23-22-15)19(25)24-10-5-8-13(11-24)18-20-14-9-4-7-12(2)16(14)21-18/h4,7,9,13H,3,5-6,8,10-11H2,1-2H3,(H,20,21)/t13-/m1/s1. The molecule has 1 fully saturated rings. The number of nitrogens with one attached hydrogen (secondary N) is 1. The number of imidazole rings is 1. The van der Waals surface area contributed by atoms with Crippen molar-refractivity contribution in [3.05, 3.63) is 40.2 Å². The van der Waals surface area contributed by atoms with Crippen molar-refractivity contribution in [3.63, 3.8) is 0 Å². The highest BCUT2D eigenvalue weighted by Gasteiger charge is 2.29. The van der Waals surface area contributed by atoms with Gasteiger partial charge in [0.15, 0.2) is 0 Å². The number of fused-ring (bicyclic) bond motifs is 1. The molecule has 3 aromatic rings. The van der Waals surface area contributed by atoms with Gasteiger partial charge in [-0.15, -0.1) is 5.10 Å². The summed E-state index contributed by atoms with van der Waals surface area (Å²) in [6.45, 7) is 5.66. The summed E-state index contributed by atoms with van der Waals surface area (Å²) in [6, 6.07) is 6.18. The number of H-pyrrole nitrogens is 1. The van der Waals surface area contributed by atoms with Crippen molar-refractivity contribution in [2.24, 2.45) is 0 Å². The van der Waals surface area contributed by atoms with E-state index in [9.17, 15) is 4.79 Å². The van der Waals surface area contributed by atoms with Gasteiger partial charge in [0, 0.05) is 19.0 Å². The van der Waals surface area contributed by atoms with Crippen LogP contribution in [-0.4, -0.2) is 43.5 Å². The Hall–Kier alpha value is -2.28. The van der Waals surface area contributed by atoms with Crippen LogP contribution in [-0.2, 0) is 6.42 Å². The Labute approximate surface area is 156 Å². The van der Waals surface area contributed by atoms with Crippen molar-refractivity contribution in [3.8, 4) is 0 Å². The van der Waals surface area contributed by atoms with Gasteiger partial charge in [-0.3, -0.25) is 4.79 Å². The predicted molar refractivity (Wildman–Crippen MR) is 103 cm³/mol. The first kappa shape index (κ1) is 17.1. The molecule has 0 unspecified atom stereocenters. The summed E-state index contributed by atoms with van der Waals surface area (Å²) in [7, 11) is 0. The molecule has 7 heteroatoms. The Balaban J connectivity index is 1.56. The van der Waals surface area contributed by atoms with Gasteiger partial charge in [-0.05, 0) is 49.3 Å². The molecule has 0 saturated carbocycles. The maximum Gasteiger partial charge on any atom is 0.267 e. The second kappa shape index (κ2) is 7.15. The van der Waals surface area contributed by atoms with E-state index in [1.807, 2.05) is 11.0 Å². The number of piperidine rings is 1. The van der Waals surface area contributed by atoms with Crippen LogP contribution in [0.1, 0.15) is 58.9 Å². The lowest BCUT2D eigenvalue weighted by molar-refractivity contribution is 0.0708. The highest BCUT2D eigenvalue weighted by atomic mass is 32.1. The first-order valence-corrected chi connectivity index (χ1v) is 10.0. The quantitative estimate of drug-likeness (QED) is 0.761. The molecule has 1 aliphatic rings. The molecule has 4 rings (SSSR count). The third-order valence-electron chi connectivity index (χ3n) is 5.06. The highest BCUT2D eigenvalue weighted by Crippen LogP contribution is 2.29. The predicted octanol–water partition coefficient (Wildman–Crippen LogP) is 3.70. The number of hydrogen-bond donors (Lipinski definition) is 1. The highest BCUT2D eigenvalue weighted by molar-refractivity contribution is 7.08. The van der Waals surface area contributed by atoms with Crippen molar-refractivity contribution in [1.29, 1.82) is 0 Å². The molecule has 1 atom stereocenters. The molecule has 6 nitrogen and oxygen atoms in total. The molecule has 26 heavy (non-hydrogen) atoms. The first-order valence-electron chi connectivity index (χ1n) is 9.23. The van der Waals surface area contributed by atoms with Crippen LogP contribution in [0, 0.1) is 6.92 Å². The number of hydrogen-bond acceptors (Lipinski definition) is 5. The maximum atomic E-state index is 13.0. The average molecular weight is 369 g/mol. The maximum absolute atomic E-state index is 13.0. The fraction of sp³-hybridized carbons (Fsp3) is 0.474. The minimum Gasteiger partial charge on any atom is -0.342 e. The summed E-state index contributed by atoms with van der Waals surface area (Å²) in [5.41, 5.74) is 4.11. The smallest absolute Gasteiger partial charge is 0.267 e. The zero-order valence-electron chi connectivity index (χ0n) is 15.2. The molecule has 1 aromatic carbocycles. The summed E-state index contributed by atoms with van der Waals surface area (Å²) in [5, 5.41) is 4.14. The van der Waals surface area contributed by atoms with Gasteiger partial charge in [0.05, 0.1) is 16.7 Å². The monoisotopic (exact) mass is 369 g/mol. The van der Waals surface area contributed by atoms with E-state index in [0.29, 0.717) is 11.4 Å². The summed E-state index contributed by atoms with van der Waals surface area (Å²) < 4.78 is 4.00. The Morgan fingerprint density at radius 3 is 3.12 bits per heavy atom. The zero-order chi connectivity index (χ0) is 18.1. The van der Waals surface area contributed by atoms with Crippen LogP contribution in [0.15, 0.2) is 18.2 Å². The molecule has 1 N–H and O–H groups in total. The van der Waals surface area contributed by atoms with Crippen LogP contribution >= 0.6 is 11.5 Å². The number of aryl methyl sites for hydroxylation is 2. The minimum absolute atomic E-state index is 0.0699. The summed E-state index contributed by atoms with van der Waals surface area (Å²) >= 11 is 1.22. The largest absolute Gasteiger partial charge is 0.342 e. The number of rotatable bonds is 4. The van der Waals surface area contributed by atoms with E-state index in [-0.39, 0.29) is 11.8 Å². The lowest BCUT2D eigenvalue weighted by Gasteiger charge is -2.31. The van der Waals surface area contributed by atoms with Crippen LogP contribution < -0.4 is 0 Å². The van der Waals surface area contributed by atoms with E-state index in [1.54, 1.807) is 0 Å². The normalized spacial score (nSPS) is 17.8. The van der Waals surface area contributed by atoms with E-state index < -0.39 is 0 Å². The Morgan fingerprint density at radius 2 is 2.31 bits per heavy atom. The number of carbonyl (C=O) groups is 1. The molecular formula is C19H23N5OS. The third-order valence-corrected chi connectivity index (χ3v) is 5.82. The number of amides is 1. The van der Waals surface area contributed by atoms with Gasteiger partial charge in [0.25, 0.3) is 5.91 Å². The van der Waals surface area contributed by atoms with Crippen molar-refractivity contribution < 1.29 is 4.79 Å². The third kappa shape index (κ3) is 3.11. The van der Waals surface area contributed by atoms with Crippen molar-refractivity contribution >= 4 is 28.5 Å². The number of benzene rings is 1. The average Bonchev–Trinajstić information content (AvgIpc) is 3.29. The first-order chi connectivity index (χ1) is 12.7. The lowest BCUT2D eigenvalue weighted by Crippen LogP contribution is -2.39. The van der Waals surface area contributed by atoms with Crippen LogP contribution in [0.3, 0.4) is 0 Å². The van der Waals surface area contributed by atoms with Gasteiger partial charge in [0.1, 0.15) is 10.7 Å². The molecule has 0 radical (unpaired) electrons. The number of aromatic nitrogens is 4. The number of aromatic amines is 1. The van der Waals surface area contributed by atoms with E-state index in [2.05, 4.69) is 40.6 Å². The summed E-state index contributed by atoms with van der Waals surface area (Å²) in [5.74, 6) is 1.30. The number of carbonyl (C=O) groups excluding carboxylic acids is 1. The molecule has 0 aliphatic carbocycles. The molecule has 1 amide bonds. The molecular weight excluding hydrogens is 346 g/mol. The Morgan fingerprint density at radius 1 is 1.42 bits per heavy atom. The van der Waals surface area contributed by atoms with Gasteiger partial charge in [-0.2, -0.15) is 0 Å². The molecule has 1 aliphatic heterocycles. The molecule has 3 heterocycles. The number of nitrogens with zero attached hydrogens (tertiary/aromatic N) is 4. The topological polar surface area (TPSA) is 74.8 Å². The lowest BCUT2D eigenvalue weighted by atomic mass is 9.97. The van der Waals surface area contributed by atoms with Gasteiger partial charge in [0.2, 0.25) is 0 Å². The number of likely N-dealkylation sites (tertiary alicyclic amines) is 1. The minimum atomic E-state index is 0.0699. The molecule has 136 valence electrons. The van der Waals surface area contributed by atoms with E-state index in [0.717, 1.165) is 54.8 Å². The van der Waals surface area contributed by atoms with Crippen LogP contribution in [0.25, 0.3) is 11.0 Å². The molecule has 1 saturated heterocycles. The zero-order valence-corrected chi connectivity index (χ0v) is 16.0. The van der Waals surface area contributed by atoms with Crippen LogP contribution in [0.5, 0.6) is 0 Å². The van der Waals surface area contributed by atoms with Gasteiger partial charge >= 0.3 is 0 Å². The van der Waals surface area contributed by atoms with Gasteiger partial charge in [-0.1, -0.05) is 30.0 Å². The van der Waals surface area contributed by atoms with Crippen molar-refractivity contribution in [2.75, 3.05) is 13.1 Å². The molecule has 0 spiro atoms. The fourth-order valence-corrected chi connectivity index (χ4v) is 4.36. The summed E-state index contributed by atoms with van der Waals surface area (Å²) in [6.07, 6.45) is 3.80. The van der Waals surface area contributed by atoms with Crippen molar-refractivity contribution in [1.82, 2.24) is 24.5 Å². The second-order valence-electron chi connectivity index (χ2n) is 6.98. The van der Waals surface area contributed by atoms with Crippen LogP contribution in [0.2, 0.25) is 0 Å². The number of para-hydroxylation sites is 1.